The second-order valence-corrected chi connectivity index (χ2v) is 4.45. The van der Waals surface area contributed by atoms with Crippen molar-refractivity contribution in [3.05, 3.63) is 47.8 Å². The molecule has 1 unspecified atom stereocenters. The summed E-state index contributed by atoms with van der Waals surface area (Å²) in [4.78, 5) is 23.4. The van der Waals surface area contributed by atoms with Crippen LogP contribution in [0.15, 0.2) is 36.7 Å². The number of carboxylic acid groups (broad SMARTS) is 1. The van der Waals surface area contributed by atoms with Crippen LogP contribution in [0.4, 0.5) is 5.69 Å². The van der Waals surface area contributed by atoms with Crippen LogP contribution >= 0.6 is 0 Å². The largest absolute Gasteiger partial charge is 0.478 e. The standard InChI is InChI=1S/C14H15N3O3/c1-9-5-3-6-11(12(9)14(19)20)16-13(18)10(2)17-8-4-7-15-17/h3-8,10H,1-2H3,(H,16,18)(H,19,20). The summed E-state index contributed by atoms with van der Waals surface area (Å²) in [6.07, 6.45) is 3.26. The molecule has 0 spiro atoms. The number of carboxylic acids is 1. The SMILES string of the molecule is Cc1cccc(NC(=O)C(C)n2cccn2)c1C(=O)O. The van der Waals surface area contributed by atoms with Crippen LogP contribution in [-0.2, 0) is 4.79 Å². The molecule has 6 heteroatoms. The van der Waals surface area contributed by atoms with Gasteiger partial charge in [0.2, 0.25) is 5.91 Å². The second kappa shape index (κ2) is 5.56. The molecule has 0 fully saturated rings. The van der Waals surface area contributed by atoms with Crippen LogP contribution in [0.2, 0.25) is 0 Å². The number of nitrogens with one attached hydrogen (secondary N) is 1. The average molecular weight is 273 g/mol. The maximum Gasteiger partial charge on any atom is 0.338 e. The van der Waals surface area contributed by atoms with Crippen LogP contribution < -0.4 is 5.32 Å². The minimum absolute atomic E-state index is 0.105. The van der Waals surface area contributed by atoms with Crippen LogP contribution in [0.25, 0.3) is 0 Å². The highest BCUT2D eigenvalue weighted by molar-refractivity contribution is 6.02. The predicted octanol–water partition coefficient (Wildman–Crippen LogP) is 2.09. The van der Waals surface area contributed by atoms with E-state index in [4.69, 9.17) is 0 Å². The molecule has 0 saturated heterocycles. The Hall–Kier alpha value is -2.63. The third-order valence-corrected chi connectivity index (χ3v) is 3.05. The van der Waals surface area contributed by atoms with Gasteiger partial charge in [0.25, 0.3) is 0 Å². The molecule has 1 amide bonds. The number of rotatable bonds is 4. The van der Waals surface area contributed by atoms with Crippen molar-refractivity contribution in [2.45, 2.75) is 19.9 Å². The third kappa shape index (κ3) is 2.69. The lowest BCUT2D eigenvalue weighted by atomic mass is 10.1. The molecule has 1 atom stereocenters. The number of hydrogen-bond donors (Lipinski definition) is 2. The van der Waals surface area contributed by atoms with E-state index in [1.165, 1.54) is 4.68 Å². The van der Waals surface area contributed by atoms with Crippen molar-refractivity contribution >= 4 is 17.6 Å². The van der Waals surface area contributed by atoms with Crippen LogP contribution in [0.3, 0.4) is 0 Å². The number of anilines is 1. The van der Waals surface area contributed by atoms with Crippen molar-refractivity contribution in [3.8, 4) is 0 Å². The van der Waals surface area contributed by atoms with Crippen molar-refractivity contribution in [2.24, 2.45) is 0 Å². The zero-order chi connectivity index (χ0) is 14.7. The van der Waals surface area contributed by atoms with Gasteiger partial charge in [-0.15, -0.1) is 0 Å². The molecule has 1 aromatic carbocycles. The molecule has 1 aromatic heterocycles. The predicted molar refractivity (Wildman–Crippen MR) is 73.7 cm³/mol. The molecule has 0 saturated carbocycles. The van der Waals surface area contributed by atoms with E-state index in [-0.39, 0.29) is 11.5 Å². The Morgan fingerprint density at radius 2 is 2.10 bits per heavy atom. The van der Waals surface area contributed by atoms with Crippen LogP contribution in [0.1, 0.15) is 28.9 Å². The van der Waals surface area contributed by atoms with Gasteiger partial charge in [-0.3, -0.25) is 9.48 Å². The van der Waals surface area contributed by atoms with Gasteiger partial charge >= 0.3 is 5.97 Å². The highest BCUT2D eigenvalue weighted by Gasteiger charge is 2.19. The van der Waals surface area contributed by atoms with Crippen molar-refractivity contribution in [1.29, 1.82) is 0 Å². The summed E-state index contributed by atoms with van der Waals surface area (Å²) in [6.45, 7) is 3.38. The molecule has 2 rings (SSSR count). The number of amides is 1. The average Bonchev–Trinajstić information content (AvgIpc) is 2.91. The van der Waals surface area contributed by atoms with Crippen molar-refractivity contribution < 1.29 is 14.7 Å². The lowest BCUT2D eigenvalue weighted by Crippen LogP contribution is -2.25. The quantitative estimate of drug-likeness (QED) is 0.893. The van der Waals surface area contributed by atoms with Gasteiger partial charge in [0.05, 0.1) is 11.3 Å². The van der Waals surface area contributed by atoms with E-state index in [0.717, 1.165) is 0 Å². The van der Waals surface area contributed by atoms with Gasteiger partial charge < -0.3 is 10.4 Å². The Morgan fingerprint density at radius 3 is 2.70 bits per heavy atom. The van der Waals surface area contributed by atoms with Gasteiger partial charge in [-0.05, 0) is 31.5 Å². The third-order valence-electron chi connectivity index (χ3n) is 3.05. The van der Waals surface area contributed by atoms with Crippen LogP contribution in [0.5, 0.6) is 0 Å². The van der Waals surface area contributed by atoms with E-state index in [1.54, 1.807) is 50.5 Å². The summed E-state index contributed by atoms with van der Waals surface area (Å²) in [5, 5.41) is 15.8. The summed E-state index contributed by atoms with van der Waals surface area (Å²) in [7, 11) is 0. The van der Waals surface area contributed by atoms with E-state index in [0.29, 0.717) is 11.3 Å². The van der Waals surface area contributed by atoms with Crippen LogP contribution in [-0.4, -0.2) is 26.8 Å². The van der Waals surface area contributed by atoms with Gasteiger partial charge in [0, 0.05) is 12.4 Å². The molecular formula is C14H15N3O3. The molecule has 0 radical (unpaired) electrons. The van der Waals surface area contributed by atoms with Crippen molar-refractivity contribution in [3.63, 3.8) is 0 Å². The highest BCUT2D eigenvalue weighted by Crippen LogP contribution is 2.20. The van der Waals surface area contributed by atoms with Gasteiger partial charge in [0.15, 0.2) is 0 Å². The summed E-state index contributed by atoms with van der Waals surface area (Å²) < 4.78 is 1.51. The number of carbonyl (C=O) groups excluding carboxylic acids is 1. The van der Waals surface area contributed by atoms with E-state index < -0.39 is 12.0 Å². The fourth-order valence-electron chi connectivity index (χ4n) is 1.92. The van der Waals surface area contributed by atoms with E-state index in [1.807, 2.05) is 0 Å². The first-order chi connectivity index (χ1) is 9.50. The summed E-state index contributed by atoms with van der Waals surface area (Å²) in [5.74, 6) is -1.38. The second-order valence-electron chi connectivity index (χ2n) is 4.45. The van der Waals surface area contributed by atoms with Crippen molar-refractivity contribution in [1.82, 2.24) is 9.78 Å². The summed E-state index contributed by atoms with van der Waals surface area (Å²) in [5.41, 5.74) is 0.997. The fourth-order valence-corrected chi connectivity index (χ4v) is 1.92. The highest BCUT2D eigenvalue weighted by atomic mass is 16.4. The molecule has 2 N–H and O–H groups in total. The zero-order valence-electron chi connectivity index (χ0n) is 11.2. The molecule has 0 bridgehead atoms. The molecule has 6 nitrogen and oxygen atoms in total. The number of hydrogen-bond acceptors (Lipinski definition) is 3. The maximum atomic E-state index is 12.1. The number of carbonyl (C=O) groups is 2. The number of nitrogens with zero attached hydrogens (tertiary/aromatic N) is 2. The molecule has 0 aliphatic rings. The topological polar surface area (TPSA) is 84.2 Å². The number of aryl methyl sites for hydroxylation is 1. The maximum absolute atomic E-state index is 12.1. The minimum Gasteiger partial charge on any atom is -0.478 e. The Bertz CT molecular complexity index is 635. The first-order valence-electron chi connectivity index (χ1n) is 6.13. The van der Waals surface area contributed by atoms with Crippen LogP contribution in [0, 0.1) is 6.92 Å². The first kappa shape index (κ1) is 13.8. The van der Waals surface area contributed by atoms with E-state index in [9.17, 15) is 14.7 Å². The summed E-state index contributed by atoms with van der Waals surface area (Å²) in [6, 6.07) is 6.17. The molecule has 104 valence electrons. The smallest absolute Gasteiger partial charge is 0.338 e. The van der Waals surface area contributed by atoms with Gasteiger partial charge in [0.1, 0.15) is 6.04 Å². The Morgan fingerprint density at radius 1 is 1.35 bits per heavy atom. The monoisotopic (exact) mass is 273 g/mol. The molecule has 0 aliphatic heterocycles. The molecule has 0 aliphatic carbocycles. The molecule has 20 heavy (non-hydrogen) atoms. The molecular weight excluding hydrogens is 258 g/mol. The van der Waals surface area contributed by atoms with Gasteiger partial charge in [-0.2, -0.15) is 5.10 Å². The van der Waals surface area contributed by atoms with Gasteiger partial charge in [-0.25, -0.2) is 4.79 Å². The van der Waals surface area contributed by atoms with E-state index in [2.05, 4.69) is 10.4 Å². The lowest BCUT2D eigenvalue weighted by Gasteiger charge is -2.15. The van der Waals surface area contributed by atoms with Crippen molar-refractivity contribution in [2.75, 3.05) is 5.32 Å². The number of aromatic carboxylic acids is 1. The Kier molecular flexibility index (Phi) is 3.84. The minimum atomic E-state index is -1.06. The molecule has 1 heterocycles. The number of aromatic nitrogens is 2. The Labute approximate surface area is 116 Å². The normalized spacial score (nSPS) is 11.9. The Balaban J connectivity index is 2.24. The lowest BCUT2D eigenvalue weighted by molar-refractivity contribution is -0.119. The first-order valence-corrected chi connectivity index (χ1v) is 6.13. The fraction of sp³-hybridized carbons (Fsp3) is 0.214. The number of benzene rings is 1. The van der Waals surface area contributed by atoms with Gasteiger partial charge in [-0.1, -0.05) is 12.1 Å². The molecule has 2 aromatic rings. The van der Waals surface area contributed by atoms with E-state index >= 15 is 0 Å². The zero-order valence-corrected chi connectivity index (χ0v) is 11.2. The summed E-state index contributed by atoms with van der Waals surface area (Å²) >= 11 is 0.